The summed E-state index contributed by atoms with van der Waals surface area (Å²) >= 11 is 0. The second-order valence-electron chi connectivity index (χ2n) is 7.97. The number of fused-ring (bicyclic) bond motifs is 1. The number of hydrogen-bond acceptors (Lipinski definition) is 5. The van der Waals surface area contributed by atoms with E-state index in [4.69, 9.17) is 14.5 Å². The summed E-state index contributed by atoms with van der Waals surface area (Å²) in [5, 5.41) is 0.581. The maximum Gasteiger partial charge on any atom is 0.261 e. The van der Waals surface area contributed by atoms with E-state index in [-0.39, 0.29) is 23.4 Å². The summed E-state index contributed by atoms with van der Waals surface area (Å²) in [6.07, 6.45) is 4.82. The molecule has 0 saturated heterocycles. The van der Waals surface area contributed by atoms with Gasteiger partial charge < -0.3 is 14.4 Å². The number of rotatable bonds is 10. The molecule has 1 aliphatic rings. The number of aromatic nitrogens is 2. The Morgan fingerprint density at radius 1 is 1.20 bits per heavy atom. The molecule has 2 aromatic rings. The maximum atomic E-state index is 13.4. The quantitative estimate of drug-likeness (QED) is 0.557. The van der Waals surface area contributed by atoms with Gasteiger partial charge in [-0.25, -0.2) is 4.98 Å². The van der Waals surface area contributed by atoms with Crippen LogP contribution in [0.5, 0.6) is 0 Å². The standard InChI is InChI=1S/C23H33N3O4/c1-17(25(13-8-15-29-2)22(27)18-9-4-5-10-18)21-24-20-12-7-6-11-19(20)23(28)26(21)14-16-30-3/h6-7,11-12,17-18H,4-5,8-10,13-16H2,1-3H3. The molecule has 1 unspecified atom stereocenters. The van der Waals surface area contributed by atoms with Crippen LogP contribution in [0.1, 0.15) is 50.9 Å². The molecule has 164 valence electrons. The number of hydrogen-bond donors (Lipinski definition) is 0. The van der Waals surface area contributed by atoms with Crippen molar-refractivity contribution < 1.29 is 14.3 Å². The smallest absolute Gasteiger partial charge is 0.261 e. The van der Waals surface area contributed by atoms with Gasteiger partial charge >= 0.3 is 0 Å². The van der Waals surface area contributed by atoms with E-state index in [1.54, 1.807) is 24.9 Å². The monoisotopic (exact) mass is 415 g/mol. The van der Waals surface area contributed by atoms with Crippen molar-refractivity contribution in [3.05, 3.63) is 40.4 Å². The predicted octanol–water partition coefficient (Wildman–Crippen LogP) is 3.16. The zero-order valence-electron chi connectivity index (χ0n) is 18.3. The van der Waals surface area contributed by atoms with Gasteiger partial charge in [0.2, 0.25) is 5.91 Å². The van der Waals surface area contributed by atoms with Crippen molar-refractivity contribution in [1.82, 2.24) is 14.5 Å². The Kier molecular flexibility index (Phi) is 7.99. The summed E-state index contributed by atoms with van der Waals surface area (Å²) in [6, 6.07) is 7.05. The second kappa shape index (κ2) is 10.7. The van der Waals surface area contributed by atoms with E-state index in [0.717, 1.165) is 32.1 Å². The van der Waals surface area contributed by atoms with Crippen LogP contribution in [-0.4, -0.2) is 54.3 Å². The highest BCUT2D eigenvalue weighted by Gasteiger charge is 2.32. The van der Waals surface area contributed by atoms with E-state index < -0.39 is 0 Å². The maximum absolute atomic E-state index is 13.4. The van der Waals surface area contributed by atoms with Gasteiger partial charge in [0.1, 0.15) is 5.82 Å². The molecule has 1 amide bonds. The Labute approximate surface area is 178 Å². The third kappa shape index (κ3) is 4.90. The molecule has 1 aromatic carbocycles. The molecule has 0 aliphatic heterocycles. The average Bonchev–Trinajstić information content (AvgIpc) is 3.30. The highest BCUT2D eigenvalue weighted by atomic mass is 16.5. The number of carbonyl (C=O) groups excluding carboxylic acids is 1. The first-order valence-electron chi connectivity index (χ1n) is 10.9. The molecule has 1 aliphatic carbocycles. The Morgan fingerprint density at radius 3 is 2.60 bits per heavy atom. The van der Waals surface area contributed by atoms with Gasteiger partial charge in [-0.2, -0.15) is 0 Å². The molecule has 1 fully saturated rings. The number of amides is 1. The second-order valence-corrected chi connectivity index (χ2v) is 7.97. The van der Waals surface area contributed by atoms with Crippen LogP contribution >= 0.6 is 0 Å². The van der Waals surface area contributed by atoms with E-state index in [9.17, 15) is 9.59 Å². The van der Waals surface area contributed by atoms with Crippen LogP contribution in [-0.2, 0) is 20.8 Å². The molecule has 1 saturated carbocycles. The number of nitrogens with zero attached hydrogens (tertiary/aromatic N) is 3. The molecule has 30 heavy (non-hydrogen) atoms. The molecular formula is C23H33N3O4. The summed E-state index contributed by atoms with van der Waals surface area (Å²) < 4.78 is 12.1. The van der Waals surface area contributed by atoms with Gasteiger partial charge in [0.25, 0.3) is 5.56 Å². The van der Waals surface area contributed by atoms with Crippen molar-refractivity contribution >= 4 is 16.8 Å². The lowest BCUT2D eigenvalue weighted by Crippen LogP contribution is -2.41. The van der Waals surface area contributed by atoms with E-state index in [1.807, 2.05) is 30.0 Å². The molecule has 1 atom stereocenters. The van der Waals surface area contributed by atoms with Crippen LogP contribution in [0.15, 0.2) is 29.1 Å². The molecular weight excluding hydrogens is 382 g/mol. The zero-order chi connectivity index (χ0) is 21.5. The first kappa shape index (κ1) is 22.4. The molecule has 3 rings (SSSR count). The first-order valence-corrected chi connectivity index (χ1v) is 10.9. The minimum absolute atomic E-state index is 0.0644. The van der Waals surface area contributed by atoms with Crippen molar-refractivity contribution in [2.75, 3.05) is 34.0 Å². The first-order chi connectivity index (χ1) is 14.6. The van der Waals surface area contributed by atoms with Crippen LogP contribution in [0.4, 0.5) is 0 Å². The summed E-state index contributed by atoms with van der Waals surface area (Å²) in [6.45, 7) is 3.94. The Balaban J connectivity index is 2.01. The van der Waals surface area contributed by atoms with Gasteiger partial charge in [0, 0.05) is 33.3 Å². The number of ether oxygens (including phenoxy) is 2. The predicted molar refractivity (Wildman–Crippen MR) is 116 cm³/mol. The van der Waals surface area contributed by atoms with Gasteiger partial charge in [-0.15, -0.1) is 0 Å². The van der Waals surface area contributed by atoms with Gasteiger partial charge in [-0.3, -0.25) is 14.2 Å². The lowest BCUT2D eigenvalue weighted by Gasteiger charge is -2.32. The van der Waals surface area contributed by atoms with Gasteiger partial charge in [-0.1, -0.05) is 25.0 Å². The highest BCUT2D eigenvalue weighted by Crippen LogP contribution is 2.30. The highest BCUT2D eigenvalue weighted by molar-refractivity contribution is 5.80. The molecule has 7 heteroatoms. The number of para-hydroxylation sites is 1. The largest absolute Gasteiger partial charge is 0.385 e. The van der Waals surface area contributed by atoms with E-state index in [1.165, 1.54) is 0 Å². The Morgan fingerprint density at radius 2 is 1.90 bits per heavy atom. The molecule has 0 radical (unpaired) electrons. The molecule has 0 bridgehead atoms. The van der Waals surface area contributed by atoms with Crippen LogP contribution in [0.3, 0.4) is 0 Å². The molecule has 0 spiro atoms. The lowest BCUT2D eigenvalue weighted by molar-refractivity contribution is -0.138. The minimum Gasteiger partial charge on any atom is -0.385 e. The Hall–Kier alpha value is -2.25. The van der Waals surface area contributed by atoms with Crippen LogP contribution < -0.4 is 5.56 Å². The van der Waals surface area contributed by atoms with Crippen molar-refractivity contribution in [2.45, 2.75) is 51.6 Å². The van der Waals surface area contributed by atoms with E-state index in [0.29, 0.717) is 43.0 Å². The number of methoxy groups -OCH3 is 2. The van der Waals surface area contributed by atoms with Crippen molar-refractivity contribution in [3.8, 4) is 0 Å². The minimum atomic E-state index is -0.316. The van der Waals surface area contributed by atoms with Crippen LogP contribution in [0, 0.1) is 5.92 Å². The summed E-state index contributed by atoms with van der Waals surface area (Å²) in [5.41, 5.74) is 0.563. The van der Waals surface area contributed by atoms with Crippen LogP contribution in [0.25, 0.3) is 10.9 Å². The van der Waals surface area contributed by atoms with Gasteiger partial charge in [0.15, 0.2) is 0 Å². The van der Waals surface area contributed by atoms with E-state index >= 15 is 0 Å². The molecule has 1 heterocycles. The van der Waals surface area contributed by atoms with Gasteiger partial charge in [0.05, 0.1) is 30.1 Å². The Bertz CT molecular complexity index is 905. The van der Waals surface area contributed by atoms with Crippen molar-refractivity contribution in [3.63, 3.8) is 0 Å². The third-order valence-electron chi connectivity index (χ3n) is 5.99. The molecule has 7 nitrogen and oxygen atoms in total. The summed E-state index contributed by atoms with van der Waals surface area (Å²) in [5.74, 6) is 0.839. The topological polar surface area (TPSA) is 73.7 Å². The zero-order valence-corrected chi connectivity index (χ0v) is 18.3. The summed E-state index contributed by atoms with van der Waals surface area (Å²) in [4.78, 5) is 33.3. The molecule has 1 aromatic heterocycles. The van der Waals surface area contributed by atoms with Gasteiger partial charge in [-0.05, 0) is 38.3 Å². The van der Waals surface area contributed by atoms with E-state index in [2.05, 4.69) is 0 Å². The normalized spacial score (nSPS) is 15.6. The third-order valence-corrected chi connectivity index (χ3v) is 5.99. The SMILES string of the molecule is COCCCN(C(=O)C1CCCC1)C(C)c1nc2ccccc2c(=O)n1CCOC. The molecule has 0 N–H and O–H groups in total. The lowest BCUT2D eigenvalue weighted by atomic mass is 10.0. The number of benzene rings is 1. The van der Waals surface area contributed by atoms with Crippen LogP contribution in [0.2, 0.25) is 0 Å². The number of carbonyl (C=O) groups is 1. The average molecular weight is 416 g/mol. The fourth-order valence-electron chi connectivity index (χ4n) is 4.32. The fraction of sp³-hybridized carbons (Fsp3) is 0.609. The fourth-order valence-corrected chi connectivity index (χ4v) is 4.32. The van der Waals surface area contributed by atoms with Crippen molar-refractivity contribution in [2.24, 2.45) is 5.92 Å². The summed E-state index contributed by atoms with van der Waals surface area (Å²) in [7, 11) is 3.28. The van der Waals surface area contributed by atoms with Crippen molar-refractivity contribution in [1.29, 1.82) is 0 Å².